The van der Waals surface area contributed by atoms with Crippen molar-refractivity contribution in [1.82, 2.24) is 9.62 Å². The van der Waals surface area contributed by atoms with Gasteiger partial charge in [-0.05, 0) is 42.2 Å². The number of carbonyl (C=O) groups is 1. The number of thioether (sulfide) groups is 1. The average molecular weight is 399 g/mol. The van der Waals surface area contributed by atoms with Gasteiger partial charge >= 0.3 is 0 Å². The predicted molar refractivity (Wildman–Crippen MR) is 101 cm³/mol. The number of hydrogen-bond acceptors (Lipinski definition) is 4. The molecular weight excluding hydrogens is 380 g/mol. The van der Waals surface area contributed by atoms with Crippen LogP contribution in [0.3, 0.4) is 0 Å². The maximum absolute atomic E-state index is 12.5. The first-order chi connectivity index (χ1) is 11.8. The summed E-state index contributed by atoms with van der Waals surface area (Å²) < 4.78 is 26.1. The first kappa shape index (κ1) is 19.8. The van der Waals surface area contributed by atoms with Crippen molar-refractivity contribution >= 4 is 39.3 Å². The highest BCUT2D eigenvalue weighted by Crippen LogP contribution is 2.20. The van der Waals surface area contributed by atoms with Crippen molar-refractivity contribution in [3.05, 3.63) is 59.1 Å². The van der Waals surface area contributed by atoms with Crippen molar-refractivity contribution in [2.24, 2.45) is 0 Å². The average Bonchev–Trinajstić information content (AvgIpc) is 2.61. The van der Waals surface area contributed by atoms with E-state index in [2.05, 4.69) is 5.32 Å². The fourth-order valence-electron chi connectivity index (χ4n) is 2.11. The van der Waals surface area contributed by atoms with Crippen LogP contribution in [0.1, 0.15) is 5.56 Å². The summed E-state index contributed by atoms with van der Waals surface area (Å²) in [6, 6.07) is 13.7. The molecule has 8 heteroatoms. The van der Waals surface area contributed by atoms with E-state index in [1.165, 1.54) is 18.8 Å². The van der Waals surface area contributed by atoms with Crippen molar-refractivity contribution < 1.29 is 13.2 Å². The van der Waals surface area contributed by atoms with E-state index < -0.39 is 15.9 Å². The predicted octanol–water partition coefficient (Wildman–Crippen LogP) is 3.00. The van der Waals surface area contributed by atoms with Gasteiger partial charge in [-0.3, -0.25) is 4.79 Å². The monoisotopic (exact) mass is 398 g/mol. The second kappa shape index (κ2) is 8.71. The molecule has 0 fully saturated rings. The van der Waals surface area contributed by atoms with Gasteiger partial charge in [0.25, 0.3) is 0 Å². The van der Waals surface area contributed by atoms with E-state index in [1.807, 2.05) is 12.3 Å². The molecule has 5 nitrogen and oxygen atoms in total. The van der Waals surface area contributed by atoms with Crippen LogP contribution in [-0.4, -0.2) is 38.5 Å². The van der Waals surface area contributed by atoms with E-state index in [0.29, 0.717) is 5.02 Å². The van der Waals surface area contributed by atoms with Gasteiger partial charge in [0.2, 0.25) is 15.9 Å². The molecule has 134 valence electrons. The molecule has 0 aromatic heterocycles. The van der Waals surface area contributed by atoms with Crippen LogP contribution in [0.25, 0.3) is 0 Å². The highest BCUT2D eigenvalue weighted by atomic mass is 35.5. The quantitative estimate of drug-likeness (QED) is 0.728. The van der Waals surface area contributed by atoms with Gasteiger partial charge in [-0.15, -0.1) is 11.8 Å². The lowest BCUT2D eigenvalue weighted by atomic mass is 10.2. The van der Waals surface area contributed by atoms with Gasteiger partial charge in [0.05, 0.1) is 11.4 Å². The summed E-state index contributed by atoms with van der Waals surface area (Å²) in [6.07, 6.45) is 1.92. The number of benzene rings is 2. The lowest BCUT2D eigenvalue weighted by Crippen LogP contribution is -2.38. The topological polar surface area (TPSA) is 66.5 Å². The Hall–Kier alpha value is -1.54. The highest BCUT2D eigenvalue weighted by molar-refractivity contribution is 7.98. The van der Waals surface area contributed by atoms with E-state index in [1.54, 1.807) is 42.5 Å². The zero-order valence-corrected chi connectivity index (χ0v) is 16.3. The van der Waals surface area contributed by atoms with Crippen molar-refractivity contribution in [1.29, 1.82) is 0 Å². The number of nitrogens with zero attached hydrogens (tertiary/aromatic N) is 1. The molecule has 0 bridgehead atoms. The van der Waals surface area contributed by atoms with Crippen molar-refractivity contribution in [2.45, 2.75) is 16.3 Å². The Morgan fingerprint density at radius 1 is 1.16 bits per heavy atom. The Balaban J connectivity index is 1.98. The third kappa shape index (κ3) is 5.22. The summed E-state index contributed by atoms with van der Waals surface area (Å²) in [5.74, 6) is -0.397. The van der Waals surface area contributed by atoms with E-state index in [-0.39, 0.29) is 18.0 Å². The molecule has 25 heavy (non-hydrogen) atoms. The Labute approximate surface area is 157 Å². The van der Waals surface area contributed by atoms with E-state index in [0.717, 1.165) is 14.8 Å². The molecule has 0 heterocycles. The summed E-state index contributed by atoms with van der Waals surface area (Å²) >= 11 is 7.56. The Kier molecular flexibility index (Phi) is 6.89. The Morgan fingerprint density at radius 2 is 1.80 bits per heavy atom. The molecule has 0 unspecified atom stereocenters. The summed E-state index contributed by atoms with van der Waals surface area (Å²) in [5, 5.41) is 3.23. The third-order valence-electron chi connectivity index (χ3n) is 3.57. The highest BCUT2D eigenvalue weighted by Gasteiger charge is 2.22. The zero-order valence-electron chi connectivity index (χ0n) is 13.9. The van der Waals surface area contributed by atoms with Crippen LogP contribution in [0.2, 0.25) is 5.02 Å². The molecule has 1 amide bonds. The fourth-order valence-corrected chi connectivity index (χ4v) is 3.84. The SMILES string of the molecule is CSc1ccc(S(=O)(=O)N(C)CC(=O)NCc2ccccc2Cl)cc1. The molecule has 0 radical (unpaired) electrons. The van der Waals surface area contributed by atoms with Crippen molar-refractivity contribution in [3.63, 3.8) is 0 Å². The Morgan fingerprint density at radius 3 is 2.40 bits per heavy atom. The molecule has 0 saturated heterocycles. The molecule has 0 saturated carbocycles. The summed E-state index contributed by atoms with van der Waals surface area (Å²) in [4.78, 5) is 13.2. The first-order valence-corrected chi connectivity index (χ1v) is 10.5. The standard InChI is InChI=1S/C17H19ClN2O3S2/c1-20(25(22,23)15-9-7-14(24-2)8-10-15)12-17(21)19-11-13-5-3-4-6-16(13)18/h3-10H,11-12H2,1-2H3,(H,19,21). The molecule has 2 rings (SSSR count). The van der Waals surface area contributed by atoms with Crippen LogP contribution in [0.4, 0.5) is 0 Å². The van der Waals surface area contributed by atoms with Crippen LogP contribution in [0.5, 0.6) is 0 Å². The molecular formula is C17H19ClN2O3S2. The van der Waals surface area contributed by atoms with Crippen molar-refractivity contribution in [3.8, 4) is 0 Å². The molecule has 2 aromatic rings. The number of sulfonamides is 1. The fraction of sp³-hybridized carbons (Fsp3) is 0.235. The maximum atomic E-state index is 12.5. The smallest absolute Gasteiger partial charge is 0.243 e. The normalized spacial score (nSPS) is 11.5. The second-order valence-corrected chi connectivity index (χ2v) is 8.64. The van der Waals surface area contributed by atoms with Gasteiger partial charge in [0, 0.05) is 23.5 Å². The molecule has 2 aromatic carbocycles. The first-order valence-electron chi connectivity index (χ1n) is 7.45. The lowest BCUT2D eigenvalue weighted by molar-refractivity contribution is -0.121. The Bertz CT molecular complexity index is 839. The van der Waals surface area contributed by atoms with Gasteiger partial charge in [0.1, 0.15) is 0 Å². The number of rotatable bonds is 7. The third-order valence-corrected chi connectivity index (χ3v) is 6.50. The van der Waals surface area contributed by atoms with Gasteiger partial charge in [0.15, 0.2) is 0 Å². The van der Waals surface area contributed by atoms with Crippen molar-refractivity contribution in [2.75, 3.05) is 19.8 Å². The van der Waals surface area contributed by atoms with Gasteiger partial charge in [-0.1, -0.05) is 29.8 Å². The van der Waals surface area contributed by atoms with Crippen LogP contribution in [0.15, 0.2) is 58.3 Å². The number of likely N-dealkylation sites (N-methyl/N-ethyl adjacent to an activating group) is 1. The van der Waals surface area contributed by atoms with Crippen LogP contribution < -0.4 is 5.32 Å². The minimum atomic E-state index is -3.71. The second-order valence-electron chi connectivity index (χ2n) is 5.30. The largest absolute Gasteiger partial charge is 0.351 e. The molecule has 0 atom stereocenters. The molecule has 1 N–H and O–H groups in total. The van der Waals surface area contributed by atoms with Crippen LogP contribution in [0, 0.1) is 0 Å². The van der Waals surface area contributed by atoms with E-state index >= 15 is 0 Å². The molecule has 0 spiro atoms. The summed E-state index contributed by atoms with van der Waals surface area (Å²) in [5.41, 5.74) is 0.774. The van der Waals surface area contributed by atoms with Crippen LogP contribution in [-0.2, 0) is 21.4 Å². The minimum Gasteiger partial charge on any atom is -0.351 e. The molecule has 0 aliphatic rings. The van der Waals surface area contributed by atoms with Gasteiger partial charge < -0.3 is 5.32 Å². The number of hydrogen-bond donors (Lipinski definition) is 1. The molecule has 0 aliphatic carbocycles. The van der Waals surface area contributed by atoms with E-state index in [9.17, 15) is 13.2 Å². The number of amides is 1. The van der Waals surface area contributed by atoms with Gasteiger partial charge in [-0.25, -0.2) is 8.42 Å². The lowest BCUT2D eigenvalue weighted by Gasteiger charge is -2.17. The number of carbonyl (C=O) groups excluding carboxylic acids is 1. The number of nitrogens with one attached hydrogen (secondary N) is 1. The summed E-state index contributed by atoms with van der Waals surface area (Å²) in [7, 11) is -2.33. The summed E-state index contributed by atoms with van der Waals surface area (Å²) in [6.45, 7) is -0.0219. The van der Waals surface area contributed by atoms with Crippen LogP contribution >= 0.6 is 23.4 Å². The number of halogens is 1. The van der Waals surface area contributed by atoms with E-state index in [4.69, 9.17) is 11.6 Å². The maximum Gasteiger partial charge on any atom is 0.243 e. The zero-order chi connectivity index (χ0) is 18.4. The molecule has 0 aliphatic heterocycles. The van der Waals surface area contributed by atoms with Gasteiger partial charge in [-0.2, -0.15) is 4.31 Å². The minimum absolute atomic E-state index is 0.159.